The van der Waals surface area contributed by atoms with Gasteiger partial charge >= 0.3 is 0 Å². The molecule has 4 nitrogen and oxygen atoms in total. The molecule has 3 N–H and O–H groups in total. The smallest absolute Gasteiger partial charge is 0.252 e. The molecular weight excluding hydrogens is 387 g/mol. The van der Waals surface area contributed by atoms with Crippen molar-refractivity contribution in [3.8, 4) is 0 Å². The van der Waals surface area contributed by atoms with Crippen LogP contribution in [0.1, 0.15) is 15.9 Å². The van der Waals surface area contributed by atoms with Crippen LogP contribution in [0.4, 0.5) is 4.39 Å². The fourth-order valence-electron chi connectivity index (χ4n) is 2.01. The van der Waals surface area contributed by atoms with Gasteiger partial charge in [-0.25, -0.2) is 4.39 Å². The summed E-state index contributed by atoms with van der Waals surface area (Å²) in [4.78, 5) is 23.7. The monoisotopic (exact) mass is 398 g/mol. The molecule has 0 aliphatic carbocycles. The van der Waals surface area contributed by atoms with Gasteiger partial charge in [0.25, 0.3) is 5.91 Å². The summed E-state index contributed by atoms with van der Waals surface area (Å²) in [5, 5.41) is 3.01. The van der Waals surface area contributed by atoms with Crippen LogP contribution < -0.4 is 11.1 Å². The van der Waals surface area contributed by atoms with Crippen LogP contribution in [-0.4, -0.2) is 17.9 Å². The average Bonchev–Trinajstić information content (AvgIpc) is 2.50. The number of rotatable bonds is 5. The molecule has 0 aromatic heterocycles. The Hall–Kier alpha value is -1.92. The van der Waals surface area contributed by atoms with Gasteiger partial charge in [0.05, 0.1) is 0 Å². The van der Waals surface area contributed by atoms with Gasteiger partial charge in [-0.2, -0.15) is 0 Å². The molecule has 0 unspecified atom stereocenters. The van der Waals surface area contributed by atoms with Crippen LogP contribution >= 0.6 is 27.5 Å². The number of hydrogen-bond donors (Lipinski definition) is 2. The van der Waals surface area contributed by atoms with Gasteiger partial charge in [-0.05, 0) is 42.0 Å². The van der Waals surface area contributed by atoms with Gasteiger partial charge in [-0.15, -0.1) is 0 Å². The molecule has 2 rings (SSSR count). The predicted molar refractivity (Wildman–Crippen MR) is 89.7 cm³/mol. The first kappa shape index (κ1) is 17.4. The molecule has 0 bridgehead atoms. The molecule has 23 heavy (non-hydrogen) atoms. The van der Waals surface area contributed by atoms with Gasteiger partial charge in [0.2, 0.25) is 5.91 Å². The zero-order valence-electron chi connectivity index (χ0n) is 11.9. The number of benzene rings is 2. The van der Waals surface area contributed by atoms with Gasteiger partial charge < -0.3 is 11.1 Å². The molecule has 0 fully saturated rings. The van der Waals surface area contributed by atoms with E-state index in [1.165, 1.54) is 18.2 Å². The van der Waals surface area contributed by atoms with E-state index in [0.29, 0.717) is 5.02 Å². The number of carbonyl (C=O) groups is 2. The van der Waals surface area contributed by atoms with Gasteiger partial charge in [-0.3, -0.25) is 9.59 Å². The Labute approximate surface area is 145 Å². The lowest BCUT2D eigenvalue weighted by Gasteiger charge is -2.16. The van der Waals surface area contributed by atoms with Crippen LogP contribution in [0, 0.1) is 5.82 Å². The van der Waals surface area contributed by atoms with Crippen LogP contribution in [-0.2, 0) is 11.2 Å². The first-order valence-corrected chi connectivity index (χ1v) is 7.83. The Bertz CT molecular complexity index is 755. The summed E-state index contributed by atoms with van der Waals surface area (Å²) in [5.74, 6) is -1.81. The number of primary amides is 1. The minimum Gasteiger partial charge on any atom is -0.368 e. The zero-order chi connectivity index (χ0) is 17.0. The summed E-state index contributed by atoms with van der Waals surface area (Å²) in [6.45, 7) is 0. The van der Waals surface area contributed by atoms with E-state index in [9.17, 15) is 14.0 Å². The van der Waals surface area contributed by atoms with Gasteiger partial charge in [0.1, 0.15) is 11.9 Å². The van der Waals surface area contributed by atoms with E-state index in [-0.39, 0.29) is 12.0 Å². The number of hydrogen-bond acceptors (Lipinski definition) is 2. The van der Waals surface area contributed by atoms with Crippen molar-refractivity contribution in [3.05, 3.63) is 68.9 Å². The molecule has 0 saturated heterocycles. The Morgan fingerprint density at radius 3 is 2.65 bits per heavy atom. The number of amides is 2. The molecule has 7 heteroatoms. The highest BCUT2D eigenvalue weighted by Crippen LogP contribution is 2.22. The van der Waals surface area contributed by atoms with Crippen LogP contribution in [0.25, 0.3) is 0 Å². The number of carbonyl (C=O) groups excluding carboxylic acids is 2. The van der Waals surface area contributed by atoms with Crippen LogP contribution in [0.2, 0.25) is 5.02 Å². The zero-order valence-corrected chi connectivity index (χ0v) is 14.2. The summed E-state index contributed by atoms with van der Waals surface area (Å²) in [6, 6.07) is 9.34. The molecule has 0 aliphatic rings. The first-order valence-electron chi connectivity index (χ1n) is 6.66. The molecule has 120 valence electrons. The van der Waals surface area contributed by atoms with Crippen molar-refractivity contribution in [2.75, 3.05) is 0 Å². The molecular formula is C16H13BrClFN2O2. The van der Waals surface area contributed by atoms with Crippen molar-refractivity contribution in [1.82, 2.24) is 5.32 Å². The lowest BCUT2D eigenvalue weighted by Crippen LogP contribution is -2.45. The van der Waals surface area contributed by atoms with E-state index in [1.54, 1.807) is 18.2 Å². The predicted octanol–water partition coefficient (Wildman–Crippen LogP) is 3.07. The third-order valence-electron chi connectivity index (χ3n) is 3.17. The molecule has 2 aromatic carbocycles. The topological polar surface area (TPSA) is 72.2 Å². The van der Waals surface area contributed by atoms with Crippen molar-refractivity contribution >= 4 is 39.3 Å². The third kappa shape index (κ3) is 4.77. The van der Waals surface area contributed by atoms with Gasteiger partial charge in [0, 0.05) is 21.5 Å². The highest BCUT2D eigenvalue weighted by molar-refractivity contribution is 9.10. The van der Waals surface area contributed by atoms with E-state index in [4.69, 9.17) is 17.3 Å². The third-order valence-corrected chi connectivity index (χ3v) is 4.18. The quantitative estimate of drug-likeness (QED) is 0.811. The summed E-state index contributed by atoms with van der Waals surface area (Å²) < 4.78 is 13.9. The summed E-state index contributed by atoms with van der Waals surface area (Å²) in [5.41, 5.74) is 6.19. The molecule has 1 atom stereocenters. The van der Waals surface area contributed by atoms with E-state index in [2.05, 4.69) is 21.2 Å². The van der Waals surface area contributed by atoms with Crippen molar-refractivity contribution in [1.29, 1.82) is 0 Å². The largest absolute Gasteiger partial charge is 0.368 e. The summed E-state index contributed by atoms with van der Waals surface area (Å²) >= 11 is 9.29. The Balaban J connectivity index is 2.17. The van der Waals surface area contributed by atoms with Crippen LogP contribution in [0.15, 0.2) is 46.9 Å². The molecule has 0 saturated carbocycles. The van der Waals surface area contributed by atoms with Crippen molar-refractivity contribution < 1.29 is 14.0 Å². The summed E-state index contributed by atoms with van der Waals surface area (Å²) in [6.07, 6.45) is 0.164. The highest BCUT2D eigenvalue weighted by Gasteiger charge is 2.21. The average molecular weight is 400 g/mol. The van der Waals surface area contributed by atoms with Crippen molar-refractivity contribution in [2.24, 2.45) is 5.73 Å². The lowest BCUT2D eigenvalue weighted by atomic mass is 10.0. The molecule has 2 aromatic rings. The van der Waals surface area contributed by atoms with Crippen molar-refractivity contribution in [2.45, 2.75) is 12.5 Å². The lowest BCUT2D eigenvalue weighted by molar-refractivity contribution is -0.119. The number of nitrogens with one attached hydrogen (secondary N) is 1. The number of halogens is 3. The van der Waals surface area contributed by atoms with Crippen LogP contribution in [0.3, 0.4) is 0 Å². The molecule has 0 spiro atoms. The minimum absolute atomic E-state index is 0.112. The highest BCUT2D eigenvalue weighted by atomic mass is 79.9. The fraction of sp³-hybridized carbons (Fsp3) is 0.125. The summed E-state index contributed by atoms with van der Waals surface area (Å²) in [7, 11) is 0. The van der Waals surface area contributed by atoms with Gasteiger partial charge in [0.15, 0.2) is 0 Å². The van der Waals surface area contributed by atoms with E-state index in [0.717, 1.165) is 16.1 Å². The van der Waals surface area contributed by atoms with E-state index < -0.39 is 23.7 Å². The Morgan fingerprint density at radius 2 is 2.00 bits per heavy atom. The van der Waals surface area contributed by atoms with E-state index in [1.807, 2.05) is 0 Å². The van der Waals surface area contributed by atoms with Crippen molar-refractivity contribution in [3.63, 3.8) is 0 Å². The van der Waals surface area contributed by atoms with Gasteiger partial charge in [-0.1, -0.05) is 33.6 Å². The maximum absolute atomic E-state index is 13.2. The van der Waals surface area contributed by atoms with E-state index >= 15 is 0 Å². The second-order valence-electron chi connectivity index (χ2n) is 4.88. The molecule has 0 heterocycles. The molecule has 2 amide bonds. The second-order valence-corrected chi connectivity index (χ2v) is 6.17. The SMILES string of the molecule is NC(=O)[C@H](Cc1cc(Cl)ccc1Br)NC(=O)c1cccc(F)c1. The fourth-order valence-corrected chi connectivity index (χ4v) is 2.62. The normalized spacial score (nSPS) is 11.8. The minimum atomic E-state index is -0.944. The molecule has 0 radical (unpaired) electrons. The Kier molecular flexibility index (Phi) is 5.74. The Morgan fingerprint density at radius 1 is 1.26 bits per heavy atom. The maximum Gasteiger partial charge on any atom is 0.252 e. The standard InChI is InChI=1S/C16H13BrClFN2O2/c17-13-5-4-11(18)6-10(13)8-14(15(20)22)21-16(23)9-2-1-3-12(19)7-9/h1-7,14H,8H2,(H2,20,22)(H,21,23)/t14-/m0/s1. The molecule has 0 aliphatic heterocycles. The maximum atomic E-state index is 13.2. The second kappa shape index (κ2) is 7.57. The first-order chi connectivity index (χ1) is 10.9. The number of nitrogens with two attached hydrogens (primary N) is 1. The van der Waals surface area contributed by atoms with Crippen LogP contribution in [0.5, 0.6) is 0 Å².